The Bertz CT molecular complexity index is 1710. The SMILES string of the molecule is C1=C2CN3CCC45c6ccccc6N6C7OCC=C8CN9CCC%10%11c%12ccccc%12N%12C(OC1)C(C2CC34)(C65)C7(C8CC9%10)C%12%11. The van der Waals surface area contributed by atoms with E-state index < -0.39 is 0 Å². The maximum atomic E-state index is 7.54. The van der Waals surface area contributed by atoms with Gasteiger partial charge in [0.15, 0.2) is 0 Å². The monoisotopic (exact) mass is 582 g/mol. The van der Waals surface area contributed by atoms with Crippen LogP contribution in [0.15, 0.2) is 71.8 Å². The minimum Gasteiger partial charge on any atom is -0.354 e. The average molecular weight is 583 g/mol. The van der Waals surface area contributed by atoms with Gasteiger partial charge in [0.1, 0.15) is 12.5 Å². The van der Waals surface area contributed by atoms with Gasteiger partial charge in [-0.2, -0.15) is 0 Å². The molecule has 44 heavy (non-hydrogen) atoms. The zero-order valence-electron chi connectivity index (χ0n) is 25.1. The number of anilines is 2. The van der Waals surface area contributed by atoms with Gasteiger partial charge in [0.25, 0.3) is 0 Å². The largest absolute Gasteiger partial charge is 0.354 e. The molecule has 0 aromatic heterocycles. The van der Waals surface area contributed by atoms with Crippen molar-refractivity contribution in [1.82, 2.24) is 9.80 Å². The molecule has 2 saturated carbocycles. The van der Waals surface area contributed by atoms with E-state index in [1.165, 1.54) is 50.1 Å². The first-order valence-corrected chi connectivity index (χ1v) is 17.6. The predicted molar refractivity (Wildman–Crippen MR) is 165 cm³/mol. The van der Waals surface area contributed by atoms with Crippen LogP contribution in [0.4, 0.5) is 11.4 Å². The summed E-state index contributed by atoms with van der Waals surface area (Å²) in [6.07, 6.45) is 10.4. The van der Waals surface area contributed by atoms with Crippen molar-refractivity contribution in [2.75, 3.05) is 49.2 Å². The molecule has 0 amide bonds. The molecule has 10 aliphatic heterocycles. The zero-order chi connectivity index (χ0) is 27.9. The van der Waals surface area contributed by atoms with Crippen LogP contribution in [-0.4, -0.2) is 85.8 Å². The first-order valence-electron chi connectivity index (χ1n) is 17.6. The number of rotatable bonds is 0. The molecule has 2 aromatic rings. The van der Waals surface area contributed by atoms with Crippen LogP contribution in [0.1, 0.15) is 36.8 Å². The maximum Gasteiger partial charge on any atom is 0.139 e. The quantitative estimate of drug-likeness (QED) is 0.437. The number of hydrogen-bond donors (Lipinski definition) is 0. The van der Waals surface area contributed by atoms with E-state index in [-0.39, 0.29) is 34.1 Å². The van der Waals surface area contributed by atoms with Crippen molar-refractivity contribution < 1.29 is 9.47 Å². The van der Waals surface area contributed by atoms with Gasteiger partial charge in [0.2, 0.25) is 0 Å². The highest BCUT2D eigenvalue weighted by molar-refractivity contribution is 5.78. The summed E-state index contributed by atoms with van der Waals surface area (Å²) in [5, 5.41) is 0. The molecule has 0 N–H and O–H groups in total. The third-order valence-electron chi connectivity index (χ3n) is 16.5. The Morgan fingerprint density at radius 2 is 1.09 bits per heavy atom. The van der Waals surface area contributed by atoms with Crippen molar-refractivity contribution in [3.63, 3.8) is 0 Å². The van der Waals surface area contributed by atoms with Gasteiger partial charge in [-0.25, -0.2) is 0 Å². The van der Waals surface area contributed by atoms with Gasteiger partial charge in [0, 0.05) is 47.4 Å². The fourth-order valence-electron chi connectivity index (χ4n) is 16.2. The van der Waals surface area contributed by atoms with Gasteiger partial charge in [-0.1, -0.05) is 59.7 Å². The third-order valence-corrected chi connectivity index (χ3v) is 16.5. The van der Waals surface area contributed by atoms with Gasteiger partial charge >= 0.3 is 0 Å². The van der Waals surface area contributed by atoms with Crippen LogP contribution in [0.25, 0.3) is 0 Å². The van der Waals surface area contributed by atoms with Gasteiger partial charge in [-0.05, 0) is 73.9 Å². The van der Waals surface area contributed by atoms with E-state index in [0.717, 1.165) is 26.3 Å². The number of para-hydroxylation sites is 2. The standard InChI is InChI=1S/C38H38N4O2/c1-3-7-27-23(5-1)35-11-13-39-19-21-10-16-44-34-37(25(21)17-29(35)39)31(35)41(27)33-38(37)26-18-30-36(12-14-40(30)20-22(26)9-15-43-33)24-6-2-4-8-28(24)42(34)32(36)38/h1-10,25-26,29-34H,11-20H2. The summed E-state index contributed by atoms with van der Waals surface area (Å²) in [5.74, 6) is 1.09. The highest BCUT2D eigenvalue weighted by Crippen LogP contribution is 2.87. The molecular weight excluding hydrogens is 544 g/mol. The number of fused-ring (bicyclic) bond motifs is 6. The molecule has 4 bridgehead atoms. The minimum absolute atomic E-state index is 0.0268. The van der Waals surface area contributed by atoms with Gasteiger partial charge in [0.05, 0.1) is 36.1 Å². The summed E-state index contributed by atoms with van der Waals surface area (Å²) in [6.45, 7) is 6.21. The van der Waals surface area contributed by atoms with E-state index in [1.807, 2.05) is 0 Å². The Balaban J connectivity index is 1.19. The molecular formula is C38H38N4O2. The topological polar surface area (TPSA) is 31.4 Å². The van der Waals surface area contributed by atoms with Crippen LogP contribution < -0.4 is 9.80 Å². The minimum atomic E-state index is -0.0268. The smallest absolute Gasteiger partial charge is 0.139 e. The van der Waals surface area contributed by atoms with Crippen molar-refractivity contribution in [1.29, 1.82) is 0 Å². The molecule has 12 unspecified atom stereocenters. The third kappa shape index (κ3) is 1.78. The lowest BCUT2D eigenvalue weighted by Crippen LogP contribution is -2.74. The fraction of sp³-hybridized carbons (Fsp3) is 0.579. The number of ether oxygens (including phenoxy) is 2. The second-order valence-corrected chi connectivity index (χ2v) is 16.6. The van der Waals surface area contributed by atoms with Crippen molar-refractivity contribution >= 4 is 11.4 Å². The van der Waals surface area contributed by atoms with Crippen molar-refractivity contribution in [2.24, 2.45) is 22.7 Å². The Labute approximate surface area is 258 Å². The molecule has 12 atom stereocenters. The fourth-order valence-corrected chi connectivity index (χ4v) is 16.2. The normalized spacial score (nSPS) is 53.2. The lowest BCUT2D eigenvalue weighted by molar-refractivity contribution is -0.184. The lowest BCUT2D eigenvalue weighted by Gasteiger charge is -2.67. The van der Waals surface area contributed by atoms with E-state index in [9.17, 15) is 0 Å². The summed E-state index contributed by atoms with van der Waals surface area (Å²) in [4.78, 5) is 11.7. The van der Waals surface area contributed by atoms with E-state index in [2.05, 4.69) is 80.3 Å². The number of hydrogen-bond acceptors (Lipinski definition) is 6. The van der Waals surface area contributed by atoms with E-state index in [1.54, 1.807) is 22.3 Å². The Kier molecular flexibility index (Phi) is 3.42. The maximum absolute atomic E-state index is 7.54. The molecule has 2 aromatic carbocycles. The van der Waals surface area contributed by atoms with Crippen LogP contribution in [0.2, 0.25) is 0 Å². The molecule has 6 heteroatoms. The highest BCUT2D eigenvalue weighted by atomic mass is 16.5. The molecule has 222 valence electrons. The molecule has 12 aliphatic rings. The van der Waals surface area contributed by atoms with Crippen LogP contribution >= 0.6 is 0 Å². The average Bonchev–Trinajstić information content (AvgIpc) is 3.82. The molecule has 10 heterocycles. The number of benzene rings is 2. The first-order chi connectivity index (χ1) is 21.8. The van der Waals surface area contributed by atoms with Crippen molar-refractivity contribution in [3.05, 3.63) is 83.0 Å². The summed E-state index contributed by atoms with van der Waals surface area (Å²) in [5.41, 5.74) is 9.87. The second-order valence-electron chi connectivity index (χ2n) is 16.6. The molecule has 6 nitrogen and oxygen atoms in total. The Morgan fingerprint density at radius 1 is 0.614 bits per heavy atom. The van der Waals surface area contributed by atoms with Crippen LogP contribution in [0.5, 0.6) is 0 Å². The number of piperidine rings is 2. The number of nitrogens with zero attached hydrogens (tertiary/aromatic N) is 4. The highest BCUT2D eigenvalue weighted by Gasteiger charge is 2.95. The van der Waals surface area contributed by atoms with Crippen LogP contribution in [-0.2, 0) is 20.3 Å². The predicted octanol–water partition coefficient (Wildman–Crippen LogP) is 4.02. The summed E-state index contributed by atoms with van der Waals surface area (Å²) >= 11 is 0. The van der Waals surface area contributed by atoms with E-state index in [4.69, 9.17) is 9.47 Å². The first kappa shape index (κ1) is 22.8. The van der Waals surface area contributed by atoms with Crippen molar-refractivity contribution in [3.8, 4) is 0 Å². The second kappa shape index (κ2) is 6.60. The van der Waals surface area contributed by atoms with Gasteiger partial charge < -0.3 is 19.3 Å². The van der Waals surface area contributed by atoms with Crippen molar-refractivity contribution in [2.45, 2.75) is 73.1 Å². The van der Waals surface area contributed by atoms with Gasteiger partial charge in [-0.3, -0.25) is 9.80 Å². The molecule has 2 aliphatic carbocycles. The van der Waals surface area contributed by atoms with E-state index in [0.29, 0.717) is 36.0 Å². The van der Waals surface area contributed by atoms with Crippen LogP contribution in [0, 0.1) is 22.7 Å². The summed E-state index contributed by atoms with van der Waals surface area (Å²) < 4.78 is 15.1. The molecule has 0 radical (unpaired) electrons. The lowest BCUT2D eigenvalue weighted by atomic mass is 9.36. The molecule has 6 saturated heterocycles. The summed E-state index contributed by atoms with van der Waals surface area (Å²) in [6, 6.07) is 21.3. The zero-order valence-corrected chi connectivity index (χ0v) is 25.1. The van der Waals surface area contributed by atoms with Crippen LogP contribution in [0.3, 0.4) is 0 Å². The Hall–Kier alpha value is -2.64. The molecule has 8 fully saturated rings. The summed E-state index contributed by atoms with van der Waals surface area (Å²) in [7, 11) is 0. The van der Waals surface area contributed by atoms with E-state index >= 15 is 0 Å². The molecule has 14 rings (SSSR count). The Morgan fingerprint density at radius 3 is 1.59 bits per heavy atom. The molecule has 4 spiro atoms. The van der Waals surface area contributed by atoms with Gasteiger partial charge in [-0.15, -0.1) is 0 Å².